The number of ether oxygens (including phenoxy) is 4. The molecule has 1 fully saturated rings. The number of aryl methyl sites for hydroxylation is 3. The predicted molar refractivity (Wildman–Crippen MR) is 209 cm³/mol. The average Bonchev–Trinajstić information content (AvgIpc) is 3.53. The van der Waals surface area contributed by atoms with Crippen molar-refractivity contribution < 1.29 is 23.7 Å². The van der Waals surface area contributed by atoms with Crippen molar-refractivity contribution in [1.82, 2.24) is 4.90 Å². The number of ketones is 1. The van der Waals surface area contributed by atoms with Crippen LogP contribution in [0.15, 0.2) is 66.7 Å². The molecule has 1 aliphatic heterocycles. The van der Waals surface area contributed by atoms with E-state index in [9.17, 15) is 4.79 Å². The van der Waals surface area contributed by atoms with E-state index in [-0.39, 0.29) is 11.8 Å². The van der Waals surface area contributed by atoms with E-state index in [2.05, 4.69) is 101 Å². The lowest BCUT2D eigenvalue weighted by atomic mass is 9.92. The summed E-state index contributed by atoms with van der Waals surface area (Å²) in [5.74, 6) is 2.42. The van der Waals surface area contributed by atoms with Crippen LogP contribution in [0.5, 0.6) is 11.5 Å². The van der Waals surface area contributed by atoms with Gasteiger partial charge >= 0.3 is 0 Å². The van der Waals surface area contributed by atoms with Crippen molar-refractivity contribution in [2.45, 2.75) is 112 Å². The molecule has 0 aliphatic carbocycles. The number of benzene rings is 3. The zero-order valence-corrected chi connectivity index (χ0v) is 32.6. The lowest BCUT2D eigenvalue weighted by molar-refractivity contribution is -0.118. The number of Topliss-reactive ketones (excluding diaryl/α,β-unsaturated/α-hetero) is 1. The number of rotatable bonds is 19. The summed E-state index contributed by atoms with van der Waals surface area (Å²) in [4.78, 5) is 14.4. The molecule has 3 aromatic rings. The van der Waals surface area contributed by atoms with Gasteiger partial charge in [-0.25, -0.2) is 0 Å². The first-order valence-corrected chi connectivity index (χ1v) is 19.2. The van der Waals surface area contributed by atoms with Crippen LogP contribution in [0.4, 0.5) is 0 Å². The third-order valence-electron chi connectivity index (χ3n) is 8.58. The van der Waals surface area contributed by atoms with Crippen LogP contribution in [-0.2, 0) is 33.5 Å². The number of hydrogen-bond acceptors (Lipinski definition) is 6. The highest BCUT2D eigenvalue weighted by Gasteiger charge is 2.34. The summed E-state index contributed by atoms with van der Waals surface area (Å²) in [5.41, 5.74) is 6.88. The van der Waals surface area contributed by atoms with Crippen LogP contribution in [-0.4, -0.2) is 63.9 Å². The number of likely N-dealkylation sites (tertiary alicyclic amines) is 1. The Kier molecular flexibility index (Phi) is 22.1. The normalized spacial score (nSPS) is 15.4. The van der Waals surface area contributed by atoms with Crippen molar-refractivity contribution >= 4 is 5.78 Å². The maximum atomic E-state index is 12.1. The van der Waals surface area contributed by atoms with Gasteiger partial charge in [-0.05, 0) is 91.0 Å². The minimum atomic E-state index is 0.198. The van der Waals surface area contributed by atoms with Gasteiger partial charge in [0.15, 0.2) is 0 Å². The van der Waals surface area contributed by atoms with Gasteiger partial charge in [0, 0.05) is 19.7 Å². The molecule has 4 rings (SSSR count). The number of nitrogens with zero attached hydrogens (tertiary/aromatic N) is 1. The summed E-state index contributed by atoms with van der Waals surface area (Å²) in [6.07, 6.45) is 8.98. The van der Waals surface area contributed by atoms with Crippen LogP contribution >= 0.6 is 0 Å². The van der Waals surface area contributed by atoms with Crippen LogP contribution in [0.3, 0.4) is 0 Å². The topological polar surface area (TPSA) is 57.2 Å². The van der Waals surface area contributed by atoms with E-state index in [0.717, 1.165) is 56.8 Å². The minimum Gasteiger partial charge on any atom is -0.493 e. The van der Waals surface area contributed by atoms with Crippen LogP contribution in [0, 0.1) is 0 Å². The molecule has 0 N–H and O–H groups in total. The second kappa shape index (κ2) is 25.7. The maximum absolute atomic E-state index is 12.1. The van der Waals surface area contributed by atoms with Crippen LogP contribution < -0.4 is 9.47 Å². The summed E-state index contributed by atoms with van der Waals surface area (Å²) in [7, 11) is 1.66. The standard InChI is InChI=1S/C30H43NO5.C11H16.C3H8/c1-5-7-26-19-25(10-13-30(26)36-14-6-2)27-20-29(31(22-27)21-23(3)32)24-8-11-28(12-9-24)35-18-17-34-16-15-33-4;1-3-7-11-9-6-5-8-10(11)4-2;1-3-2/h8-13,19,27,29H,5-7,14-18,20-22H2,1-4H3;5-6,8-9H,3-4,7H2,1-2H3;3H2,1-2H3/t27-,29-;;/m1../s1. The molecule has 0 spiro atoms. The SMILES string of the molecule is CCC.CCCOc1ccc([C@@H]2C[C@H](c3ccc(OCCOCCOC)cc3)N(CC(C)=O)C2)cc1CCC.CCCc1ccccc1CC. The van der Waals surface area contributed by atoms with Crippen molar-refractivity contribution in [2.24, 2.45) is 0 Å². The van der Waals surface area contributed by atoms with Gasteiger partial charge < -0.3 is 18.9 Å². The molecule has 0 bridgehead atoms. The van der Waals surface area contributed by atoms with Gasteiger partial charge in [0.1, 0.15) is 23.9 Å². The summed E-state index contributed by atoms with van der Waals surface area (Å²) >= 11 is 0. The average molecular weight is 690 g/mol. The van der Waals surface area contributed by atoms with Crippen molar-refractivity contribution in [3.8, 4) is 11.5 Å². The molecule has 1 saturated heterocycles. The summed E-state index contributed by atoms with van der Waals surface area (Å²) in [6.45, 7) is 19.0. The second-order valence-corrected chi connectivity index (χ2v) is 13.1. The Balaban J connectivity index is 0.000000517. The quantitative estimate of drug-likeness (QED) is 0.117. The van der Waals surface area contributed by atoms with E-state index in [1.165, 1.54) is 47.1 Å². The molecule has 0 unspecified atom stereocenters. The number of carbonyl (C=O) groups excluding carboxylic acids is 1. The van der Waals surface area contributed by atoms with E-state index in [0.29, 0.717) is 38.9 Å². The number of carbonyl (C=O) groups is 1. The van der Waals surface area contributed by atoms with E-state index < -0.39 is 0 Å². The molecule has 2 atom stereocenters. The molecule has 0 saturated carbocycles. The molecule has 0 radical (unpaired) electrons. The van der Waals surface area contributed by atoms with Gasteiger partial charge in [-0.1, -0.05) is 109 Å². The monoisotopic (exact) mass is 690 g/mol. The zero-order chi connectivity index (χ0) is 36.6. The molecule has 3 aromatic carbocycles. The first-order valence-electron chi connectivity index (χ1n) is 19.2. The number of hydrogen-bond donors (Lipinski definition) is 0. The maximum Gasteiger partial charge on any atom is 0.143 e. The van der Waals surface area contributed by atoms with Gasteiger partial charge in [0.05, 0.1) is 33.0 Å². The third-order valence-corrected chi connectivity index (χ3v) is 8.58. The van der Waals surface area contributed by atoms with Gasteiger partial charge in [-0.15, -0.1) is 0 Å². The van der Waals surface area contributed by atoms with Crippen molar-refractivity contribution in [1.29, 1.82) is 0 Å². The highest BCUT2D eigenvalue weighted by Crippen LogP contribution is 2.41. The Morgan fingerprint density at radius 3 is 1.98 bits per heavy atom. The molecule has 6 heteroatoms. The zero-order valence-electron chi connectivity index (χ0n) is 32.6. The molecule has 6 nitrogen and oxygen atoms in total. The van der Waals surface area contributed by atoms with Crippen molar-refractivity contribution in [2.75, 3.05) is 53.2 Å². The van der Waals surface area contributed by atoms with Gasteiger partial charge in [-0.3, -0.25) is 9.69 Å². The smallest absolute Gasteiger partial charge is 0.143 e. The highest BCUT2D eigenvalue weighted by molar-refractivity contribution is 5.77. The molecule has 278 valence electrons. The summed E-state index contributed by atoms with van der Waals surface area (Å²) in [6, 6.07) is 23.9. The van der Waals surface area contributed by atoms with E-state index >= 15 is 0 Å². The summed E-state index contributed by atoms with van der Waals surface area (Å²) in [5, 5.41) is 0. The lowest BCUT2D eigenvalue weighted by Crippen LogP contribution is -2.28. The van der Waals surface area contributed by atoms with Crippen molar-refractivity contribution in [3.05, 3.63) is 94.5 Å². The fraction of sp³-hybridized carbons (Fsp3) is 0.568. The highest BCUT2D eigenvalue weighted by atomic mass is 16.5. The van der Waals surface area contributed by atoms with E-state index in [4.69, 9.17) is 18.9 Å². The van der Waals surface area contributed by atoms with Crippen LogP contribution in [0.1, 0.15) is 120 Å². The molecule has 50 heavy (non-hydrogen) atoms. The molecular formula is C44H67NO5. The first-order chi connectivity index (χ1) is 24.3. The Labute approximate surface area is 304 Å². The van der Waals surface area contributed by atoms with E-state index in [1.807, 2.05) is 12.1 Å². The van der Waals surface area contributed by atoms with E-state index in [1.54, 1.807) is 14.0 Å². The first kappa shape index (κ1) is 43.0. The van der Waals surface area contributed by atoms with Gasteiger partial charge in [0.2, 0.25) is 0 Å². The third kappa shape index (κ3) is 15.4. The van der Waals surface area contributed by atoms with Crippen LogP contribution in [0.25, 0.3) is 0 Å². The molecule has 0 amide bonds. The molecule has 1 heterocycles. The minimum absolute atomic E-state index is 0.198. The van der Waals surface area contributed by atoms with Gasteiger partial charge in [-0.2, -0.15) is 0 Å². The Bertz CT molecular complexity index is 1320. The predicted octanol–water partition coefficient (Wildman–Crippen LogP) is 10.2. The Morgan fingerprint density at radius 2 is 1.36 bits per heavy atom. The molecular weight excluding hydrogens is 622 g/mol. The summed E-state index contributed by atoms with van der Waals surface area (Å²) < 4.78 is 22.3. The largest absolute Gasteiger partial charge is 0.493 e. The lowest BCUT2D eigenvalue weighted by Gasteiger charge is -2.23. The second-order valence-electron chi connectivity index (χ2n) is 13.1. The van der Waals surface area contributed by atoms with Crippen molar-refractivity contribution in [3.63, 3.8) is 0 Å². The van der Waals surface area contributed by atoms with Crippen LogP contribution in [0.2, 0.25) is 0 Å². The van der Waals surface area contributed by atoms with Gasteiger partial charge in [0.25, 0.3) is 0 Å². The fourth-order valence-corrected chi connectivity index (χ4v) is 6.29. The molecule has 0 aromatic heterocycles. The Morgan fingerprint density at radius 1 is 0.720 bits per heavy atom. The fourth-order valence-electron chi connectivity index (χ4n) is 6.29. The number of methoxy groups -OCH3 is 1. The Hall–Kier alpha value is -3.19. The molecule has 1 aliphatic rings.